The van der Waals surface area contributed by atoms with Crippen LogP contribution in [0.25, 0.3) is 0 Å². The van der Waals surface area contributed by atoms with Crippen molar-refractivity contribution in [2.24, 2.45) is 11.8 Å². The van der Waals surface area contributed by atoms with Gasteiger partial charge in [0.15, 0.2) is 0 Å². The van der Waals surface area contributed by atoms with Crippen molar-refractivity contribution >= 4 is 17.5 Å². The number of nitrogens with zero attached hydrogens (tertiary/aromatic N) is 1. The molecule has 0 N–H and O–H groups in total. The smallest absolute Gasteiger partial charge is 0.238 e. The van der Waals surface area contributed by atoms with Gasteiger partial charge in [-0.15, -0.1) is 0 Å². The number of ether oxygens (including phenoxy) is 1. The second kappa shape index (κ2) is 6.45. The van der Waals surface area contributed by atoms with Crippen LogP contribution in [0.5, 0.6) is 11.5 Å². The molecule has 2 aromatic rings. The van der Waals surface area contributed by atoms with E-state index in [0.717, 1.165) is 5.75 Å². The molecule has 0 radical (unpaired) electrons. The number of hydrogen-bond acceptors (Lipinski definition) is 3. The Morgan fingerprint density at radius 3 is 1.81 bits per heavy atom. The number of carbonyl (C=O) groups is 2. The van der Waals surface area contributed by atoms with Gasteiger partial charge in [0, 0.05) is 0 Å². The fraction of sp³-hybridized carbons (Fsp3) is 0.273. The van der Waals surface area contributed by atoms with Crippen LogP contribution in [0.3, 0.4) is 0 Å². The SMILES string of the molecule is CC1=C(C)C[C@@H]2C(=O)N(c3ccc(Oc4ccccc4)cc3)C(=O)[C@H]2C1. The van der Waals surface area contributed by atoms with E-state index in [1.165, 1.54) is 16.0 Å². The first-order chi connectivity index (χ1) is 12.5. The molecule has 4 nitrogen and oxygen atoms in total. The minimum Gasteiger partial charge on any atom is -0.457 e. The van der Waals surface area contributed by atoms with E-state index in [1.54, 1.807) is 24.3 Å². The van der Waals surface area contributed by atoms with E-state index in [9.17, 15) is 9.59 Å². The van der Waals surface area contributed by atoms with Gasteiger partial charge < -0.3 is 4.74 Å². The highest BCUT2D eigenvalue weighted by Crippen LogP contribution is 2.42. The number of carbonyl (C=O) groups excluding carboxylic acids is 2. The molecule has 26 heavy (non-hydrogen) atoms. The largest absolute Gasteiger partial charge is 0.457 e. The molecule has 2 aromatic carbocycles. The third kappa shape index (κ3) is 2.81. The minimum atomic E-state index is -0.216. The highest BCUT2D eigenvalue weighted by Gasteiger charge is 2.49. The minimum absolute atomic E-state index is 0.0800. The lowest BCUT2D eigenvalue weighted by atomic mass is 9.78. The van der Waals surface area contributed by atoms with E-state index in [0.29, 0.717) is 24.3 Å². The zero-order valence-corrected chi connectivity index (χ0v) is 14.9. The molecule has 0 saturated carbocycles. The maximum absolute atomic E-state index is 12.8. The van der Waals surface area contributed by atoms with Gasteiger partial charge in [0.2, 0.25) is 11.8 Å². The van der Waals surface area contributed by atoms with Crippen LogP contribution in [-0.4, -0.2) is 11.8 Å². The molecule has 0 spiro atoms. The third-order valence-electron chi connectivity index (χ3n) is 5.42. The Bertz CT molecular complexity index is 851. The standard InChI is InChI=1S/C22H21NO3/c1-14-12-19-20(13-15(14)2)22(25)23(21(19)24)16-8-10-18(11-9-16)26-17-6-4-3-5-7-17/h3-11,19-20H,12-13H2,1-2H3/t19-,20-/m0/s1. The number of allylic oxidation sites excluding steroid dienone is 2. The summed E-state index contributed by atoms with van der Waals surface area (Å²) >= 11 is 0. The molecule has 4 heteroatoms. The van der Waals surface area contributed by atoms with E-state index in [-0.39, 0.29) is 23.7 Å². The molecule has 1 saturated heterocycles. The summed E-state index contributed by atoms with van der Waals surface area (Å²) in [7, 11) is 0. The van der Waals surface area contributed by atoms with Crippen LogP contribution in [0.1, 0.15) is 26.7 Å². The lowest BCUT2D eigenvalue weighted by Crippen LogP contribution is -2.30. The summed E-state index contributed by atoms with van der Waals surface area (Å²) in [5, 5.41) is 0. The zero-order chi connectivity index (χ0) is 18.3. The van der Waals surface area contributed by atoms with E-state index >= 15 is 0 Å². The molecule has 0 unspecified atom stereocenters. The Labute approximate surface area is 153 Å². The molecule has 1 heterocycles. The van der Waals surface area contributed by atoms with Crippen molar-refractivity contribution in [1.29, 1.82) is 0 Å². The van der Waals surface area contributed by atoms with E-state index in [1.807, 2.05) is 30.3 Å². The summed E-state index contributed by atoms with van der Waals surface area (Å²) in [6.45, 7) is 4.11. The van der Waals surface area contributed by atoms with Crippen LogP contribution in [0.2, 0.25) is 0 Å². The van der Waals surface area contributed by atoms with Gasteiger partial charge in [-0.25, -0.2) is 0 Å². The lowest BCUT2D eigenvalue weighted by molar-refractivity contribution is -0.122. The maximum Gasteiger partial charge on any atom is 0.238 e. The number of hydrogen-bond donors (Lipinski definition) is 0. The van der Waals surface area contributed by atoms with Gasteiger partial charge in [0.05, 0.1) is 17.5 Å². The van der Waals surface area contributed by atoms with Crippen molar-refractivity contribution in [3.05, 3.63) is 65.7 Å². The van der Waals surface area contributed by atoms with Crippen LogP contribution in [0, 0.1) is 11.8 Å². The molecule has 0 aromatic heterocycles. The van der Waals surface area contributed by atoms with Crippen LogP contribution < -0.4 is 9.64 Å². The predicted octanol–water partition coefficient (Wildman–Crippen LogP) is 4.71. The molecule has 1 fully saturated rings. The lowest BCUT2D eigenvalue weighted by Gasteiger charge is -2.23. The summed E-state index contributed by atoms with van der Waals surface area (Å²) < 4.78 is 5.78. The molecule has 1 aliphatic carbocycles. The maximum atomic E-state index is 12.8. The Kier molecular flexibility index (Phi) is 4.11. The Hall–Kier alpha value is -2.88. The summed E-state index contributed by atoms with van der Waals surface area (Å²) in [6.07, 6.45) is 1.37. The van der Waals surface area contributed by atoms with Gasteiger partial charge >= 0.3 is 0 Å². The molecule has 0 bridgehead atoms. The predicted molar refractivity (Wildman–Crippen MR) is 100 cm³/mol. The van der Waals surface area contributed by atoms with Gasteiger partial charge in [-0.05, 0) is 63.1 Å². The Balaban J connectivity index is 1.55. The van der Waals surface area contributed by atoms with Crippen molar-refractivity contribution < 1.29 is 14.3 Å². The number of benzene rings is 2. The van der Waals surface area contributed by atoms with Crippen molar-refractivity contribution in [3.8, 4) is 11.5 Å². The van der Waals surface area contributed by atoms with Crippen molar-refractivity contribution in [2.45, 2.75) is 26.7 Å². The fourth-order valence-corrected chi connectivity index (χ4v) is 3.79. The molecule has 132 valence electrons. The van der Waals surface area contributed by atoms with Crippen molar-refractivity contribution in [2.75, 3.05) is 4.90 Å². The quantitative estimate of drug-likeness (QED) is 0.596. The molecule has 2 aliphatic rings. The van der Waals surface area contributed by atoms with E-state index < -0.39 is 0 Å². The summed E-state index contributed by atoms with van der Waals surface area (Å²) in [5.41, 5.74) is 3.09. The summed E-state index contributed by atoms with van der Waals surface area (Å²) in [4.78, 5) is 27.0. The van der Waals surface area contributed by atoms with Crippen molar-refractivity contribution in [3.63, 3.8) is 0 Å². The summed E-state index contributed by atoms with van der Waals surface area (Å²) in [5.74, 6) is 0.825. The number of rotatable bonds is 3. The van der Waals surface area contributed by atoms with Gasteiger partial charge in [0.25, 0.3) is 0 Å². The van der Waals surface area contributed by atoms with Gasteiger partial charge in [0.1, 0.15) is 11.5 Å². The first kappa shape index (κ1) is 16.6. The number of fused-ring (bicyclic) bond motifs is 1. The molecular formula is C22H21NO3. The van der Waals surface area contributed by atoms with Crippen LogP contribution in [0.4, 0.5) is 5.69 Å². The highest BCUT2D eigenvalue weighted by atomic mass is 16.5. The van der Waals surface area contributed by atoms with Crippen LogP contribution in [0.15, 0.2) is 65.7 Å². The van der Waals surface area contributed by atoms with Crippen LogP contribution in [-0.2, 0) is 9.59 Å². The fourth-order valence-electron chi connectivity index (χ4n) is 3.79. The zero-order valence-electron chi connectivity index (χ0n) is 14.9. The number of amides is 2. The Morgan fingerprint density at radius 1 is 0.769 bits per heavy atom. The second-order valence-electron chi connectivity index (χ2n) is 7.10. The molecule has 1 aliphatic heterocycles. The topological polar surface area (TPSA) is 46.6 Å². The summed E-state index contributed by atoms with van der Waals surface area (Å²) in [6, 6.07) is 16.6. The molecular weight excluding hydrogens is 326 g/mol. The molecule has 2 amide bonds. The Morgan fingerprint density at radius 2 is 1.27 bits per heavy atom. The first-order valence-electron chi connectivity index (χ1n) is 8.90. The normalized spacial score (nSPS) is 22.6. The van der Waals surface area contributed by atoms with E-state index in [4.69, 9.17) is 4.74 Å². The number of para-hydroxylation sites is 1. The second-order valence-corrected chi connectivity index (χ2v) is 7.10. The molecule has 2 atom stereocenters. The third-order valence-corrected chi connectivity index (χ3v) is 5.42. The van der Waals surface area contributed by atoms with Gasteiger partial charge in [-0.2, -0.15) is 0 Å². The highest BCUT2D eigenvalue weighted by molar-refractivity contribution is 6.22. The first-order valence-corrected chi connectivity index (χ1v) is 8.90. The number of imide groups is 1. The van der Waals surface area contributed by atoms with Crippen LogP contribution >= 0.6 is 0 Å². The van der Waals surface area contributed by atoms with Crippen molar-refractivity contribution in [1.82, 2.24) is 0 Å². The average Bonchev–Trinajstić information content (AvgIpc) is 2.88. The molecule has 4 rings (SSSR count). The monoisotopic (exact) mass is 347 g/mol. The average molecular weight is 347 g/mol. The van der Waals surface area contributed by atoms with Gasteiger partial charge in [-0.1, -0.05) is 29.3 Å². The number of anilines is 1. The van der Waals surface area contributed by atoms with Gasteiger partial charge in [-0.3, -0.25) is 14.5 Å². The van der Waals surface area contributed by atoms with E-state index in [2.05, 4.69) is 13.8 Å².